The Morgan fingerprint density at radius 2 is 2.13 bits per heavy atom. The lowest BCUT2D eigenvalue weighted by Crippen LogP contribution is -2.38. The minimum atomic E-state index is -0.323. The summed E-state index contributed by atoms with van der Waals surface area (Å²) in [6.07, 6.45) is 2.49. The van der Waals surface area contributed by atoms with E-state index in [2.05, 4.69) is 22.9 Å². The molecule has 0 aromatic heterocycles. The molecule has 0 radical (unpaired) electrons. The Morgan fingerprint density at radius 1 is 1.47 bits per heavy atom. The largest absolute Gasteiger partial charge is 0.325 e. The molecule has 3 heteroatoms. The quantitative estimate of drug-likeness (QED) is 0.891. The van der Waals surface area contributed by atoms with Gasteiger partial charge in [0.15, 0.2) is 0 Å². The molecule has 84 valence electrons. The average molecular weight is 274 g/mol. The predicted octanol–water partition coefficient (Wildman–Crippen LogP) is 3.65. The number of halogens is 2. The van der Waals surface area contributed by atoms with Gasteiger partial charge in [0.25, 0.3) is 0 Å². The summed E-state index contributed by atoms with van der Waals surface area (Å²) >= 11 is 3.34. The molecule has 0 spiro atoms. The third kappa shape index (κ3) is 3.92. The Labute approximate surface area is 99.0 Å². The normalized spacial score (nSPS) is 15.0. The molecular formula is C12H17BrFN. The van der Waals surface area contributed by atoms with Gasteiger partial charge in [-0.3, -0.25) is 0 Å². The Balaban J connectivity index is 2.83. The Bertz CT molecular complexity index is 336. The molecule has 1 atom stereocenters. The lowest BCUT2D eigenvalue weighted by atomic mass is 9.89. The van der Waals surface area contributed by atoms with Crippen molar-refractivity contribution < 1.29 is 4.39 Å². The van der Waals surface area contributed by atoms with Gasteiger partial charge >= 0.3 is 0 Å². The summed E-state index contributed by atoms with van der Waals surface area (Å²) in [4.78, 5) is 0. The van der Waals surface area contributed by atoms with Crippen molar-refractivity contribution >= 4 is 15.9 Å². The highest BCUT2D eigenvalue weighted by Crippen LogP contribution is 2.21. The van der Waals surface area contributed by atoms with Crippen LogP contribution >= 0.6 is 15.9 Å². The van der Waals surface area contributed by atoms with E-state index in [1.54, 1.807) is 12.1 Å². The van der Waals surface area contributed by atoms with Gasteiger partial charge in [0.1, 0.15) is 5.82 Å². The minimum absolute atomic E-state index is 0.175. The van der Waals surface area contributed by atoms with Crippen LogP contribution in [-0.4, -0.2) is 5.54 Å². The minimum Gasteiger partial charge on any atom is -0.325 e. The topological polar surface area (TPSA) is 26.0 Å². The molecule has 1 rings (SSSR count). The van der Waals surface area contributed by atoms with Crippen LogP contribution in [0.4, 0.5) is 4.39 Å². The number of rotatable bonds is 4. The zero-order chi connectivity index (χ0) is 11.5. The molecule has 0 aliphatic heterocycles. The van der Waals surface area contributed by atoms with Crippen LogP contribution in [-0.2, 0) is 6.42 Å². The van der Waals surface area contributed by atoms with Gasteiger partial charge in [-0.2, -0.15) is 0 Å². The standard InChI is InChI=1S/C12H17BrFN/c1-3-6-12(2,15)8-9-7-10(13)4-5-11(9)14/h4-5,7H,3,6,8,15H2,1-2H3. The molecule has 0 heterocycles. The first kappa shape index (κ1) is 12.7. The van der Waals surface area contributed by atoms with Crippen LogP contribution in [0.3, 0.4) is 0 Å². The molecule has 15 heavy (non-hydrogen) atoms. The second-order valence-electron chi connectivity index (χ2n) is 4.32. The van der Waals surface area contributed by atoms with Crippen LogP contribution in [0.15, 0.2) is 22.7 Å². The van der Waals surface area contributed by atoms with Gasteiger partial charge in [-0.15, -0.1) is 0 Å². The van der Waals surface area contributed by atoms with Crippen LogP contribution in [0, 0.1) is 5.82 Å². The fraction of sp³-hybridized carbons (Fsp3) is 0.500. The van der Waals surface area contributed by atoms with E-state index in [1.807, 2.05) is 6.92 Å². The fourth-order valence-corrected chi connectivity index (χ4v) is 2.18. The van der Waals surface area contributed by atoms with E-state index in [0.717, 1.165) is 17.3 Å². The summed E-state index contributed by atoms with van der Waals surface area (Å²) in [5, 5.41) is 0. The second-order valence-corrected chi connectivity index (χ2v) is 5.23. The molecule has 0 aliphatic carbocycles. The average Bonchev–Trinajstić information content (AvgIpc) is 2.10. The third-order valence-corrected chi connectivity index (χ3v) is 2.92. The van der Waals surface area contributed by atoms with Crippen molar-refractivity contribution in [3.63, 3.8) is 0 Å². The monoisotopic (exact) mass is 273 g/mol. The van der Waals surface area contributed by atoms with Gasteiger partial charge in [-0.1, -0.05) is 29.3 Å². The third-order valence-electron chi connectivity index (χ3n) is 2.42. The summed E-state index contributed by atoms with van der Waals surface area (Å²) < 4.78 is 14.4. The van der Waals surface area contributed by atoms with Crippen molar-refractivity contribution in [3.05, 3.63) is 34.1 Å². The highest BCUT2D eigenvalue weighted by molar-refractivity contribution is 9.10. The second kappa shape index (κ2) is 5.08. The van der Waals surface area contributed by atoms with Crippen LogP contribution in [0.25, 0.3) is 0 Å². The molecule has 1 aromatic carbocycles. The highest BCUT2D eigenvalue weighted by atomic mass is 79.9. The molecular weight excluding hydrogens is 257 g/mol. The van der Waals surface area contributed by atoms with E-state index < -0.39 is 0 Å². The SMILES string of the molecule is CCCC(C)(N)Cc1cc(Br)ccc1F. The molecule has 2 N–H and O–H groups in total. The molecule has 0 saturated heterocycles. The van der Waals surface area contributed by atoms with Crippen molar-refractivity contribution in [3.8, 4) is 0 Å². The molecule has 0 bridgehead atoms. The highest BCUT2D eigenvalue weighted by Gasteiger charge is 2.19. The lowest BCUT2D eigenvalue weighted by molar-refractivity contribution is 0.416. The fourth-order valence-electron chi connectivity index (χ4n) is 1.77. The number of benzene rings is 1. The van der Waals surface area contributed by atoms with Crippen molar-refractivity contribution in [2.45, 2.75) is 38.6 Å². The first-order chi connectivity index (χ1) is 6.94. The smallest absolute Gasteiger partial charge is 0.126 e. The van der Waals surface area contributed by atoms with Crippen molar-refractivity contribution in [2.24, 2.45) is 5.73 Å². The van der Waals surface area contributed by atoms with Gasteiger partial charge in [0, 0.05) is 10.0 Å². The molecule has 0 amide bonds. The van der Waals surface area contributed by atoms with Crippen LogP contribution in [0.2, 0.25) is 0 Å². The molecule has 0 saturated carbocycles. The van der Waals surface area contributed by atoms with Crippen molar-refractivity contribution in [1.82, 2.24) is 0 Å². The summed E-state index contributed by atoms with van der Waals surface area (Å²) in [7, 11) is 0. The van der Waals surface area contributed by atoms with Crippen LogP contribution in [0.5, 0.6) is 0 Å². The van der Waals surface area contributed by atoms with E-state index in [9.17, 15) is 4.39 Å². The molecule has 0 aliphatic rings. The van der Waals surface area contributed by atoms with E-state index in [-0.39, 0.29) is 11.4 Å². The summed E-state index contributed by atoms with van der Waals surface area (Å²) in [6.45, 7) is 4.05. The Hall–Kier alpha value is -0.410. The Morgan fingerprint density at radius 3 is 2.73 bits per heavy atom. The first-order valence-electron chi connectivity index (χ1n) is 5.17. The van der Waals surface area contributed by atoms with Gasteiger partial charge in [0.2, 0.25) is 0 Å². The molecule has 1 unspecified atom stereocenters. The van der Waals surface area contributed by atoms with E-state index >= 15 is 0 Å². The van der Waals surface area contributed by atoms with Crippen molar-refractivity contribution in [1.29, 1.82) is 0 Å². The molecule has 1 nitrogen and oxygen atoms in total. The maximum atomic E-state index is 13.5. The van der Waals surface area contributed by atoms with E-state index in [4.69, 9.17) is 5.73 Å². The number of hydrogen-bond acceptors (Lipinski definition) is 1. The zero-order valence-electron chi connectivity index (χ0n) is 9.19. The maximum absolute atomic E-state index is 13.5. The molecule has 1 aromatic rings. The molecule has 0 fully saturated rings. The Kier molecular flexibility index (Phi) is 4.29. The predicted molar refractivity (Wildman–Crippen MR) is 65.3 cm³/mol. The number of nitrogens with two attached hydrogens (primary N) is 1. The summed E-state index contributed by atoms with van der Waals surface area (Å²) in [5.41, 5.74) is 6.46. The van der Waals surface area contributed by atoms with Crippen LogP contribution in [0.1, 0.15) is 32.3 Å². The van der Waals surface area contributed by atoms with Gasteiger partial charge in [-0.05, 0) is 43.5 Å². The first-order valence-corrected chi connectivity index (χ1v) is 5.97. The van der Waals surface area contributed by atoms with E-state index in [0.29, 0.717) is 12.0 Å². The zero-order valence-corrected chi connectivity index (χ0v) is 10.8. The van der Waals surface area contributed by atoms with E-state index in [1.165, 1.54) is 6.07 Å². The maximum Gasteiger partial charge on any atom is 0.126 e. The summed E-state index contributed by atoms with van der Waals surface area (Å²) in [6, 6.07) is 4.98. The van der Waals surface area contributed by atoms with Gasteiger partial charge < -0.3 is 5.73 Å². The van der Waals surface area contributed by atoms with Gasteiger partial charge in [-0.25, -0.2) is 4.39 Å². The lowest BCUT2D eigenvalue weighted by Gasteiger charge is -2.24. The van der Waals surface area contributed by atoms with Crippen LogP contribution < -0.4 is 5.73 Å². The number of hydrogen-bond donors (Lipinski definition) is 1. The van der Waals surface area contributed by atoms with Crippen molar-refractivity contribution in [2.75, 3.05) is 0 Å². The summed E-state index contributed by atoms with van der Waals surface area (Å²) in [5.74, 6) is -0.175. The van der Waals surface area contributed by atoms with Gasteiger partial charge in [0.05, 0.1) is 0 Å².